The van der Waals surface area contributed by atoms with Gasteiger partial charge in [0, 0.05) is 23.4 Å². The molecule has 1 N–H and O–H groups in total. The van der Waals surface area contributed by atoms with Gasteiger partial charge in [-0.3, -0.25) is 19.5 Å². The summed E-state index contributed by atoms with van der Waals surface area (Å²) in [6, 6.07) is 7.85. The second-order valence-electron chi connectivity index (χ2n) is 9.36. The van der Waals surface area contributed by atoms with Crippen LogP contribution in [0.2, 0.25) is 0 Å². The highest BCUT2D eigenvalue weighted by Gasteiger charge is 2.23. The Hall–Kier alpha value is -3.00. The van der Waals surface area contributed by atoms with Crippen molar-refractivity contribution in [1.82, 2.24) is 19.1 Å². The summed E-state index contributed by atoms with van der Waals surface area (Å²) < 4.78 is 3.61. The Morgan fingerprint density at radius 2 is 1.97 bits per heavy atom. The molecule has 3 heterocycles. The average Bonchev–Trinajstić information content (AvgIpc) is 3.31. The van der Waals surface area contributed by atoms with E-state index >= 15 is 0 Å². The Bertz CT molecular complexity index is 1390. The molecule has 0 unspecified atom stereocenters. The molecule has 1 aliphatic carbocycles. The lowest BCUT2D eigenvalue weighted by Gasteiger charge is -2.24. The predicted octanol–water partition coefficient (Wildman–Crippen LogP) is 4.47. The van der Waals surface area contributed by atoms with Crippen LogP contribution in [0, 0.1) is 0 Å². The number of aromatic nitrogens is 4. The van der Waals surface area contributed by atoms with Gasteiger partial charge in [-0.15, -0.1) is 11.3 Å². The first kappa shape index (κ1) is 20.9. The molecule has 5 rings (SSSR count). The van der Waals surface area contributed by atoms with E-state index in [-0.39, 0.29) is 30.0 Å². The van der Waals surface area contributed by atoms with Crippen LogP contribution in [0.15, 0.2) is 35.4 Å². The third-order valence-corrected chi connectivity index (χ3v) is 7.20. The number of nitrogens with one attached hydrogen (secondary N) is 1. The number of benzene rings is 1. The summed E-state index contributed by atoms with van der Waals surface area (Å²) in [6.45, 7) is 6.53. The number of nitrogens with zero attached hydrogens (tertiary/aromatic N) is 4. The maximum absolute atomic E-state index is 13.1. The molecule has 8 heteroatoms. The van der Waals surface area contributed by atoms with Crippen molar-refractivity contribution < 1.29 is 4.79 Å². The molecule has 0 saturated heterocycles. The molecule has 1 aromatic carbocycles. The topological polar surface area (TPSA) is 81.8 Å². The third-order valence-electron chi connectivity index (χ3n) is 6.00. The zero-order valence-corrected chi connectivity index (χ0v) is 19.5. The molecule has 7 nitrogen and oxygen atoms in total. The quantitative estimate of drug-likeness (QED) is 0.498. The Kier molecular flexibility index (Phi) is 5.12. The molecular formula is C24H27N5O2S. The van der Waals surface area contributed by atoms with Crippen molar-refractivity contribution in [3.63, 3.8) is 0 Å². The minimum absolute atomic E-state index is 0.0378. The first-order valence-electron chi connectivity index (χ1n) is 11.1. The van der Waals surface area contributed by atoms with Gasteiger partial charge in [-0.05, 0) is 64.2 Å². The molecule has 166 valence electrons. The van der Waals surface area contributed by atoms with E-state index in [1.54, 1.807) is 22.2 Å². The highest BCUT2D eigenvalue weighted by Crippen LogP contribution is 2.33. The molecule has 3 aromatic heterocycles. The molecule has 0 fully saturated rings. The Labute approximate surface area is 190 Å². The number of rotatable bonds is 4. The fraction of sp³-hybridized carbons (Fsp3) is 0.417. The molecule has 0 saturated carbocycles. The van der Waals surface area contributed by atoms with Crippen LogP contribution in [0.1, 0.15) is 50.5 Å². The largest absolute Gasteiger partial charge is 0.305 e. The number of anilines is 1. The van der Waals surface area contributed by atoms with E-state index in [9.17, 15) is 9.59 Å². The van der Waals surface area contributed by atoms with Crippen LogP contribution in [0.25, 0.3) is 21.3 Å². The van der Waals surface area contributed by atoms with E-state index in [4.69, 9.17) is 0 Å². The van der Waals surface area contributed by atoms with E-state index in [0.717, 1.165) is 40.5 Å². The van der Waals surface area contributed by atoms with Crippen LogP contribution < -0.4 is 10.9 Å². The van der Waals surface area contributed by atoms with E-state index in [1.165, 1.54) is 16.9 Å². The summed E-state index contributed by atoms with van der Waals surface area (Å²) in [5.41, 5.74) is 2.70. The van der Waals surface area contributed by atoms with Crippen molar-refractivity contribution in [3.05, 3.63) is 51.4 Å². The van der Waals surface area contributed by atoms with Crippen LogP contribution in [0.4, 0.5) is 5.95 Å². The highest BCUT2D eigenvalue weighted by atomic mass is 32.1. The van der Waals surface area contributed by atoms with Crippen molar-refractivity contribution in [2.24, 2.45) is 0 Å². The highest BCUT2D eigenvalue weighted by molar-refractivity contribution is 7.18. The molecule has 0 aliphatic heterocycles. The molecule has 0 spiro atoms. The standard InChI is InChI=1S/C24H27N5O2S/c1-24(2,3)29-17-10-6-5-9-16(17)26-23(29)27-19(30)12-13-28-14-25-21-20(22(28)31)15-8-4-7-11-18(15)32-21/h5-6,9-10,14H,4,7-8,11-13H2,1-3H3,(H,26,27,30). The van der Waals surface area contributed by atoms with Gasteiger partial charge >= 0.3 is 0 Å². The number of thiophene rings is 1. The maximum atomic E-state index is 13.1. The predicted molar refractivity (Wildman–Crippen MR) is 128 cm³/mol. The fourth-order valence-corrected chi connectivity index (χ4v) is 5.76. The van der Waals surface area contributed by atoms with Gasteiger partial charge in [0.25, 0.3) is 5.56 Å². The first-order valence-corrected chi connectivity index (χ1v) is 11.9. The number of para-hydroxylation sites is 2. The van der Waals surface area contributed by atoms with Gasteiger partial charge in [-0.2, -0.15) is 0 Å². The van der Waals surface area contributed by atoms with Crippen LogP contribution in [0.5, 0.6) is 0 Å². The molecule has 0 radical (unpaired) electrons. The summed E-state index contributed by atoms with van der Waals surface area (Å²) in [6.07, 6.45) is 6.02. The summed E-state index contributed by atoms with van der Waals surface area (Å²) in [7, 11) is 0. The second-order valence-corrected chi connectivity index (χ2v) is 10.4. The normalized spacial score (nSPS) is 14.1. The zero-order valence-electron chi connectivity index (χ0n) is 18.6. The lowest BCUT2D eigenvalue weighted by atomic mass is 9.97. The molecule has 32 heavy (non-hydrogen) atoms. The fourth-order valence-electron chi connectivity index (χ4n) is 4.54. The number of amides is 1. The van der Waals surface area contributed by atoms with Crippen LogP contribution in [-0.4, -0.2) is 25.0 Å². The van der Waals surface area contributed by atoms with Gasteiger partial charge in [-0.1, -0.05) is 12.1 Å². The second kappa shape index (κ2) is 7.85. The van der Waals surface area contributed by atoms with Crippen molar-refractivity contribution in [2.75, 3.05) is 5.32 Å². The lowest BCUT2D eigenvalue weighted by molar-refractivity contribution is -0.116. The molecule has 1 amide bonds. The number of imidazole rings is 1. The minimum Gasteiger partial charge on any atom is -0.305 e. The summed E-state index contributed by atoms with van der Waals surface area (Å²) in [5, 5.41) is 3.71. The van der Waals surface area contributed by atoms with Crippen LogP contribution >= 0.6 is 11.3 Å². The number of hydrogen-bond acceptors (Lipinski definition) is 5. The Morgan fingerprint density at radius 1 is 1.19 bits per heavy atom. The van der Waals surface area contributed by atoms with Crippen LogP contribution in [0.3, 0.4) is 0 Å². The summed E-state index contributed by atoms with van der Waals surface area (Å²) >= 11 is 1.64. The van der Waals surface area contributed by atoms with Crippen LogP contribution in [-0.2, 0) is 29.7 Å². The summed E-state index contributed by atoms with van der Waals surface area (Å²) in [5.74, 6) is 0.349. The SMILES string of the molecule is CC(C)(C)n1c(NC(=O)CCn2cnc3sc4c(c3c2=O)CCCC4)nc2ccccc21. The molecular weight excluding hydrogens is 422 g/mol. The third kappa shape index (κ3) is 3.62. The average molecular weight is 450 g/mol. The van der Waals surface area contributed by atoms with E-state index in [0.29, 0.717) is 5.95 Å². The molecule has 4 aromatic rings. The Balaban J connectivity index is 1.38. The van der Waals surface area contributed by atoms with Crippen molar-refractivity contribution in [3.8, 4) is 0 Å². The van der Waals surface area contributed by atoms with Gasteiger partial charge in [-0.25, -0.2) is 9.97 Å². The van der Waals surface area contributed by atoms with Gasteiger partial charge in [0.1, 0.15) is 4.83 Å². The molecule has 0 bridgehead atoms. The zero-order chi connectivity index (χ0) is 22.5. The number of hydrogen-bond donors (Lipinski definition) is 1. The first-order chi connectivity index (χ1) is 15.3. The maximum Gasteiger partial charge on any atom is 0.262 e. The van der Waals surface area contributed by atoms with Crippen molar-refractivity contribution >= 4 is 44.4 Å². The van der Waals surface area contributed by atoms with Crippen molar-refractivity contribution in [2.45, 2.75) is 65.0 Å². The number of fused-ring (bicyclic) bond motifs is 4. The lowest BCUT2D eigenvalue weighted by Crippen LogP contribution is -2.27. The van der Waals surface area contributed by atoms with Gasteiger partial charge in [0.05, 0.1) is 22.7 Å². The Morgan fingerprint density at radius 3 is 2.78 bits per heavy atom. The van der Waals surface area contributed by atoms with Gasteiger partial charge in [0.15, 0.2) is 0 Å². The number of carbonyl (C=O) groups is 1. The van der Waals surface area contributed by atoms with Crippen molar-refractivity contribution in [1.29, 1.82) is 0 Å². The monoisotopic (exact) mass is 449 g/mol. The number of aryl methyl sites for hydroxylation is 3. The minimum atomic E-state index is -0.247. The summed E-state index contributed by atoms with van der Waals surface area (Å²) in [4.78, 5) is 37.2. The van der Waals surface area contributed by atoms with Gasteiger partial charge in [0.2, 0.25) is 11.9 Å². The number of carbonyl (C=O) groups excluding carboxylic acids is 1. The molecule has 1 aliphatic rings. The van der Waals surface area contributed by atoms with E-state index < -0.39 is 0 Å². The van der Waals surface area contributed by atoms with E-state index in [2.05, 4.69) is 36.1 Å². The molecule has 0 atom stereocenters. The smallest absolute Gasteiger partial charge is 0.262 e. The van der Waals surface area contributed by atoms with E-state index in [1.807, 2.05) is 28.8 Å². The van der Waals surface area contributed by atoms with Gasteiger partial charge < -0.3 is 4.57 Å².